The molecule has 2 N–H and O–H groups in total. The predicted octanol–water partition coefficient (Wildman–Crippen LogP) is 2.54. The van der Waals surface area contributed by atoms with E-state index < -0.39 is 47.5 Å². The number of esters is 2. The lowest BCUT2D eigenvalue weighted by Crippen LogP contribution is -2.07. The van der Waals surface area contributed by atoms with Crippen LogP contribution in [0.25, 0.3) is 0 Å². The molecule has 18 heteroatoms. The molecule has 0 radical (unpaired) electrons. The van der Waals surface area contributed by atoms with E-state index >= 15 is 0 Å². The predicted molar refractivity (Wildman–Crippen MR) is 132 cm³/mol. The lowest BCUT2D eigenvalue weighted by molar-refractivity contribution is 0.0591. The molecular formula is C24H18N6O12. The lowest BCUT2D eigenvalue weighted by atomic mass is 10.2. The number of phenolic OH excluding ortho intramolecular Hbond substituents is 2. The molecule has 5 rings (SSSR count). The van der Waals surface area contributed by atoms with Crippen molar-refractivity contribution >= 4 is 11.9 Å². The number of aromatic nitrogens is 6. The zero-order valence-electron chi connectivity index (χ0n) is 22.0. The molecule has 0 amide bonds. The Bertz CT molecular complexity index is 1500. The van der Waals surface area contributed by atoms with Gasteiger partial charge in [0.1, 0.15) is 0 Å². The van der Waals surface area contributed by atoms with Crippen LogP contribution in [0.15, 0.2) is 24.3 Å². The van der Waals surface area contributed by atoms with Crippen molar-refractivity contribution in [2.45, 2.75) is 0 Å². The molecule has 0 spiro atoms. The maximum atomic E-state index is 12.4. The Balaban J connectivity index is 1.76. The first-order chi connectivity index (χ1) is 20.2. The zero-order valence-corrected chi connectivity index (χ0v) is 22.0. The van der Waals surface area contributed by atoms with E-state index in [-0.39, 0.29) is 46.1 Å². The summed E-state index contributed by atoms with van der Waals surface area (Å²) in [6.07, 6.45) is 0. The highest BCUT2D eigenvalue weighted by Crippen LogP contribution is 2.44. The van der Waals surface area contributed by atoms with Crippen LogP contribution in [-0.2, 0) is 9.47 Å². The van der Waals surface area contributed by atoms with E-state index in [1.165, 1.54) is 14.2 Å². The highest BCUT2D eigenvalue weighted by Gasteiger charge is 2.25. The fourth-order valence-corrected chi connectivity index (χ4v) is 3.35. The van der Waals surface area contributed by atoms with Crippen LogP contribution in [0.3, 0.4) is 0 Å². The molecule has 0 atom stereocenters. The maximum Gasteiger partial charge on any atom is 0.338 e. The number of fused-ring (bicyclic) bond motifs is 8. The van der Waals surface area contributed by atoms with Gasteiger partial charge < -0.3 is 48.1 Å². The van der Waals surface area contributed by atoms with Crippen molar-refractivity contribution in [2.24, 2.45) is 0 Å². The highest BCUT2D eigenvalue weighted by molar-refractivity contribution is 5.91. The summed E-state index contributed by atoms with van der Waals surface area (Å²) < 4.78 is 42.2. The van der Waals surface area contributed by atoms with Gasteiger partial charge in [-0.2, -0.15) is 0 Å². The van der Waals surface area contributed by atoms with Crippen molar-refractivity contribution in [3.63, 3.8) is 0 Å². The topological polar surface area (TPSA) is 226 Å². The minimum absolute atomic E-state index is 0.119. The van der Waals surface area contributed by atoms with Gasteiger partial charge in [0.15, 0.2) is 23.0 Å². The van der Waals surface area contributed by atoms with Crippen LogP contribution >= 0.6 is 0 Å². The van der Waals surface area contributed by atoms with Crippen LogP contribution in [0, 0.1) is 0 Å². The Kier molecular flexibility index (Phi) is 7.24. The Morgan fingerprint density at radius 3 is 1.07 bits per heavy atom. The normalized spacial score (nSPS) is 11.5. The number of hydrogen-bond donors (Lipinski definition) is 2. The maximum absolute atomic E-state index is 12.4. The number of nitrogens with zero attached hydrogens (tertiary/aromatic N) is 6. The minimum Gasteiger partial charge on any atom is -0.502 e. The molecule has 1 aliphatic heterocycles. The summed E-state index contributed by atoms with van der Waals surface area (Å²) in [6.45, 7) is 0. The largest absolute Gasteiger partial charge is 0.502 e. The molecule has 0 unspecified atom stereocenters. The number of carbonyl (C=O) groups excluding carboxylic acids is 2. The number of rotatable bonds is 4. The molecule has 0 saturated carbocycles. The monoisotopic (exact) mass is 582 g/mol. The van der Waals surface area contributed by atoms with E-state index in [9.17, 15) is 19.8 Å². The van der Waals surface area contributed by atoms with Gasteiger partial charge in [-0.25, -0.2) is 9.59 Å². The zero-order chi connectivity index (χ0) is 30.0. The number of ether oxygens (including phenoxy) is 8. The first-order valence-electron chi connectivity index (χ1n) is 11.4. The van der Waals surface area contributed by atoms with Crippen LogP contribution < -0.4 is 28.4 Å². The molecule has 216 valence electrons. The molecule has 2 aromatic carbocycles. The molecule has 42 heavy (non-hydrogen) atoms. The first-order valence-corrected chi connectivity index (χ1v) is 11.4. The number of hydrogen-bond acceptors (Lipinski definition) is 18. The van der Waals surface area contributed by atoms with Crippen molar-refractivity contribution in [1.82, 2.24) is 29.9 Å². The molecule has 4 aromatic rings. The number of benzene rings is 2. The van der Waals surface area contributed by atoms with E-state index in [1.54, 1.807) is 0 Å². The highest BCUT2D eigenvalue weighted by atomic mass is 16.6. The van der Waals surface area contributed by atoms with Crippen molar-refractivity contribution < 1.29 is 57.7 Å². The summed E-state index contributed by atoms with van der Waals surface area (Å²) in [5, 5.41) is 21.9. The average Bonchev–Trinajstić information content (AvgIpc) is 2.99. The number of aromatic hydroxyl groups is 2. The smallest absolute Gasteiger partial charge is 0.338 e. The average molecular weight is 582 g/mol. The molecule has 2 aromatic heterocycles. The standard InChI is InChI=1S/C24H18N6O12/c1-35-17(33)9-5-11-15(31)12(6-9)40-22-26-20(38-4)28-24(30-22)42-14-8-10(18(34)36-2)7-13(16(14)32)41-23-27-19(37-3)25-21(29-23)39-11/h5-8,31-32H,1-4H3. The van der Waals surface area contributed by atoms with Crippen molar-refractivity contribution in [3.05, 3.63) is 35.4 Å². The van der Waals surface area contributed by atoms with E-state index in [4.69, 9.17) is 37.9 Å². The lowest BCUT2D eigenvalue weighted by Gasteiger charge is -2.15. The van der Waals surface area contributed by atoms with Gasteiger partial charge >= 0.3 is 48.0 Å². The minimum atomic E-state index is -0.816. The second-order valence-electron chi connectivity index (χ2n) is 7.81. The fraction of sp³-hybridized carbons (Fsp3) is 0.167. The molecular weight excluding hydrogens is 564 g/mol. The molecule has 1 aliphatic rings. The SMILES string of the molecule is COC(=O)c1cc2c(O)c(c1)Oc1nc(OC)nc(n1)Oc1cc(C(=O)OC)cc(c1O)Oc1nc(OC)nc(n1)O2. The van der Waals surface area contributed by atoms with Crippen LogP contribution in [-0.4, -0.2) is 80.5 Å². The van der Waals surface area contributed by atoms with Gasteiger partial charge in [-0.3, -0.25) is 0 Å². The van der Waals surface area contributed by atoms with Crippen LogP contribution in [0.4, 0.5) is 0 Å². The van der Waals surface area contributed by atoms with Crippen LogP contribution in [0.2, 0.25) is 0 Å². The summed E-state index contributed by atoms with van der Waals surface area (Å²) in [4.78, 5) is 48.5. The summed E-state index contributed by atoms with van der Waals surface area (Å²) in [5.41, 5.74) is -0.238. The van der Waals surface area contributed by atoms with E-state index in [2.05, 4.69) is 29.9 Å². The molecule has 0 aliphatic carbocycles. The summed E-state index contributed by atoms with van der Waals surface area (Å²) >= 11 is 0. The molecule has 3 heterocycles. The quantitative estimate of drug-likeness (QED) is 0.290. The second-order valence-corrected chi connectivity index (χ2v) is 7.81. The third kappa shape index (κ3) is 5.43. The molecule has 8 bridgehead atoms. The number of methoxy groups -OCH3 is 4. The van der Waals surface area contributed by atoms with Crippen molar-refractivity contribution in [2.75, 3.05) is 28.4 Å². The third-order valence-corrected chi connectivity index (χ3v) is 5.24. The van der Waals surface area contributed by atoms with Gasteiger partial charge in [0.2, 0.25) is 11.5 Å². The Morgan fingerprint density at radius 1 is 0.548 bits per heavy atom. The third-order valence-electron chi connectivity index (χ3n) is 5.24. The second kappa shape index (κ2) is 11.1. The Labute approximate surface area is 234 Å². The first kappa shape index (κ1) is 27.4. The number of phenols is 2. The van der Waals surface area contributed by atoms with Gasteiger partial charge in [-0.05, 0) is 24.3 Å². The van der Waals surface area contributed by atoms with Gasteiger partial charge in [-0.15, -0.1) is 29.9 Å². The van der Waals surface area contributed by atoms with Gasteiger partial charge in [0, 0.05) is 0 Å². The van der Waals surface area contributed by atoms with E-state index in [1.807, 2.05) is 0 Å². The van der Waals surface area contributed by atoms with Crippen molar-refractivity contribution in [3.8, 4) is 70.6 Å². The molecule has 0 fully saturated rings. The Morgan fingerprint density at radius 2 is 0.833 bits per heavy atom. The van der Waals surface area contributed by atoms with Crippen LogP contribution in [0.1, 0.15) is 20.7 Å². The summed E-state index contributed by atoms with van der Waals surface area (Å²) in [6, 6.07) is 1.90. The molecule has 0 saturated heterocycles. The van der Waals surface area contributed by atoms with Crippen LogP contribution in [0.5, 0.6) is 70.6 Å². The Hall–Kier alpha value is -6.20. The van der Waals surface area contributed by atoms with Gasteiger partial charge in [-0.1, -0.05) is 0 Å². The van der Waals surface area contributed by atoms with Crippen molar-refractivity contribution in [1.29, 1.82) is 0 Å². The van der Waals surface area contributed by atoms with E-state index in [0.717, 1.165) is 38.5 Å². The van der Waals surface area contributed by atoms with E-state index in [0.29, 0.717) is 0 Å². The molecule has 18 nitrogen and oxygen atoms in total. The van der Waals surface area contributed by atoms with Gasteiger partial charge in [0.25, 0.3) is 0 Å². The van der Waals surface area contributed by atoms with Gasteiger partial charge in [0.05, 0.1) is 39.6 Å². The summed E-state index contributed by atoms with van der Waals surface area (Å²) in [7, 11) is 4.77. The fourth-order valence-electron chi connectivity index (χ4n) is 3.35. The summed E-state index contributed by atoms with van der Waals surface area (Å²) in [5.74, 6) is -4.42. The number of carbonyl (C=O) groups is 2.